The van der Waals surface area contributed by atoms with Crippen LogP contribution in [-0.2, 0) is 17.6 Å². The number of para-hydroxylation sites is 1. The van der Waals surface area contributed by atoms with Gasteiger partial charge in [0.2, 0.25) is 5.91 Å². The summed E-state index contributed by atoms with van der Waals surface area (Å²) in [5, 5.41) is 18.2. The minimum absolute atomic E-state index is 0.0468. The monoisotopic (exact) mass is 493 g/mol. The molecule has 1 amide bonds. The van der Waals surface area contributed by atoms with Crippen molar-refractivity contribution in [2.45, 2.75) is 25.9 Å². The number of primary amides is 1. The molecule has 192 valence electrons. The summed E-state index contributed by atoms with van der Waals surface area (Å²) in [6.45, 7) is 6.41. The first-order chi connectivity index (χ1) is 17.5. The van der Waals surface area contributed by atoms with Gasteiger partial charge in [-0.05, 0) is 24.1 Å². The molecule has 3 aromatic rings. The average molecular weight is 494 g/mol. The number of methoxy groups -OCH3 is 1. The highest BCUT2D eigenvalue weighted by Crippen LogP contribution is 2.38. The van der Waals surface area contributed by atoms with Crippen LogP contribution in [0, 0.1) is 0 Å². The first-order valence-electron chi connectivity index (χ1n) is 12.3. The van der Waals surface area contributed by atoms with Crippen LogP contribution >= 0.6 is 0 Å². The Kier molecular flexibility index (Phi) is 8.58. The second kappa shape index (κ2) is 12.0. The van der Waals surface area contributed by atoms with Crippen molar-refractivity contribution >= 4 is 28.2 Å². The molecule has 2 aromatic carbocycles. The summed E-state index contributed by atoms with van der Waals surface area (Å²) in [6.07, 6.45) is 1.92. The Balaban J connectivity index is 1.67. The molecule has 1 aromatic heterocycles. The van der Waals surface area contributed by atoms with Gasteiger partial charge >= 0.3 is 0 Å². The number of aliphatic hydroxyl groups is 1. The minimum atomic E-state index is -0.642. The van der Waals surface area contributed by atoms with E-state index in [1.807, 2.05) is 24.3 Å². The van der Waals surface area contributed by atoms with Crippen LogP contribution in [0.4, 0.5) is 11.4 Å². The Morgan fingerprint density at radius 1 is 1.22 bits per heavy atom. The van der Waals surface area contributed by atoms with Crippen LogP contribution in [0.5, 0.6) is 11.5 Å². The van der Waals surface area contributed by atoms with E-state index < -0.39 is 12.0 Å². The van der Waals surface area contributed by atoms with Crippen molar-refractivity contribution in [2.24, 2.45) is 5.73 Å². The molecule has 1 saturated heterocycles. The number of β-amino-alcohol motifs (C(OH)–C–C–N with tert-alkyl or cyclic N) is 1. The molecule has 0 radical (unpaired) electrons. The molecule has 1 aliphatic heterocycles. The number of amides is 1. The van der Waals surface area contributed by atoms with E-state index in [0.717, 1.165) is 54.9 Å². The first kappa shape index (κ1) is 25.7. The summed E-state index contributed by atoms with van der Waals surface area (Å²) < 4.78 is 11.6. The van der Waals surface area contributed by atoms with E-state index in [0.29, 0.717) is 29.1 Å². The van der Waals surface area contributed by atoms with E-state index in [4.69, 9.17) is 15.2 Å². The molecule has 0 bridgehead atoms. The number of piperazine rings is 1. The number of hydrogen-bond acceptors (Lipinski definition) is 8. The van der Waals surface area contributed by atoms with Crippen molar-refractivity contribution in [1.29, 1.82) is 0 Å². The fourth-order valence-corrected chi connectivity index (χ4v) is 4.50. The second-order valence-corrected chi connectivity index (χ2v) is 8.97. The Labute approximate surface area is 211 Å². The fraction of sp³-hybridized carbons (Fsp3) is 0.407. The zero-order valence-corrected chi connectivity index (χ0v) is 20.9. The lowest BCUT2D eigenvalue weighted by atomic mass is 10.0. The van der Waals surface area contributed by atoms with Gasteiger partial charge in [-0.3, -0.25) is 14.7 Å². The van der Waals surface area contributed by atoms with Crippen molar-refractivity contribution in [2.75, 3.05) is 51.8 Å². The maximum absolute atomic E-state index is 11.8. The van der Waals surface area contributed by atoms with Crippen LogP contribution < -0.4 is 25.8 Å². The Morgan fingerprint density at radius 3 is 2.72 bits per heavy atom. The SMILES string of the molecule is CCc1ccccc1Nc1c(CC(N)=O)cnc2cc(OC)c(OCC(O)CN3CCNCC3)cc12. The Bertz CT molecular complexity index is 1200. The summed E-state index contributed by atoms with van der Waals surface area (Å²) in [7, 11) is 1.57. The average Bonchev–Trinajstić information content (AvgIpc) is 2.89. The van der Waals surface area contributed by atoms with Crippen LogP contribution in [0.15, 0.2) is 42.6 Å². The highest BCUT2D eigenvalue weighted by atomic mass is 16.5. The quantitative estimate of drug-likeness (QED) is 0.321. The standard InChI is InChI=1S/C27H35N5O4/c1-3-18-6-4-5-7-22(18)31-27-19(12-26(28)34)15-30-23-14-24(35-2)25(13-21(23)27)36-17-20(33)16-32-10-8-29-9-11-32/h4-7,13-15,20,29,33H,3,8-12,16-17H2,1-2H3,(H2,28,34)(H,30,31). The molecular weight excluding hydrogens is 458 g/mol. The van der Waals surface area contributed by atoms with Gasteiger partial charge < -0.3 is 30.9 Å². The smallest absolute Gasteiger partial charge is 0.221 e. The molecule has 36 heavy (non-hydrogen) atoms. The van der Waals surface area contributed by atoms with Gasteiger partial charge in [0.1, 0.15) is 12.7 Å². The maximum atomic E-state index is 11.8. The first-order valence-corrected chi connectivity index (χ1v) is 12.3. The molecule has 1 fully saturated rings. The predicted octanol–water partition coefficient (Wildman–Crippen LogP) is 2.22. The summed E-state index contributed by atoms with van der Waals surface area (Å²) in [5.74, 6) is 0.574. The summed E-state index contributed by atoms with van der Waals surface area (Å²) in [6, 6.07) is 11.7. The number of rotatable bonds is 11. The van der Waals surface area contributed by atoms with Crippen LogP contribution in [0.1, 0.15) is 18.1 Å². The van der Waals surface area contributed by atoms with E-state index in [9.17, 15) is 9.90 Å². The van der Waals surface area contributed by atoms with Gasteiger partial charge in [-0.15, -0.1) is 0 Å². The molecule has 1 unspecified atom stereocenters. The Morgan fingerprint density at radius 2 is 2.00 bits per heavy atom. The van der Waals surface area contributed by atoms with Crippen LogP contribution in [0.25, 0.3) is 10.9 Å². The second-order valence-electron chi connectivity index (χ2n) is 8.97. The molecule has 0 aliphatic carbocycles. The van der Waals surface area contributed by atoms with Gasteiger partial charge in [-0.1, -0.05) is 25.1 Å². The number of nitrogens with zero attached hydrogens (tertiary/aromatic N) is 2. The van der Waals surface area contributed by atoms with Crippen LogP contribution in [0.2, 0.25) is 0 Å². The highest BCUT2D eigenvalue weighted by molar-refractivity contribution is 5.98. The van der Waals surface area contributed by atoms with Gasteiger partial charge in [0.25, 0.3) is 0 Å². The number of aryl methyl sites for hydroxylation is 1. The van der Waals surface area contributed by atoms with E-state index >= 15 is 0 Å². The number of nitrogens with two attached hydrogens (primary N) is 1. The van der Waals surface area contributed by atoms with Crippen molar-refractivity contribution in [3.8, 4) is 11.5 Å². The topological polar surface area (TPSA) is 122 Å². The van der Waals surface area contributed by atoms with Gasteiger partial charge in [0, 0.05) is 61.6 Å². The lowest BCUT2D eigenvalue weighted by Crippen LogP contribution is -2.47. The fourth-order valence-electron chi connectivity index (χ4n) is 4.50. The van der Waals surface area contributed by atoms with E-state index in [2.05, 4.69) is 33.5 Å². The van der Waals surface area contributed by atoms with E-state index in [-0.39, 0.29) is 13.0 Å². The number of carbonyl (C=O) groups is 1. The number of pyridine rings is 1. The van der Waals surface area contributed by atoms with Crippen molar-refractivity contribution in [3.63, 3.8) is 0 Å². The molecule has 0 spiro atoms. The number of fused-ring (bicyclic) bond motifs is 1. The van der Waals surface area contributed by atoms with Crippen molar-refractivity contribution in [3.05, 3.63) is 53.7 Å². The summed E-state index contributed by atoms with van der Waals surface area (Å²) in [5.41, 5.74) is 9.76. The van der Waals surface area contributed by atoms with Crippen LogP contribution in [-0.4, -0.2) is 73.4 Å². The molecule has 0 saturated carbocycles. The zero-order chi connectivity index (χ0) is 25.5. The number of benzene rings is 2. The highest BCUT2D eigenvalue weighted by Gasteiger charge is 2.19. The summed E-state index contributed by atoms with van der Waals surface area (Å²) >= 11 is 0. The third-order valence-electron chi connectivity index (χ3n) is 6.36. The molecule has 1 aliphatic rings. The van der Waals surface area contributed by atoms with E-state index in [1.54, 1.807) is 19.4 Å². The van der Waals surface area contributed by atoms with Crippen molar-refractivity contribution < 1.29 is 19.4 Å². The predicted molar refractivity (Wildman–Crippen MR) is 141 cm³/mol. The van der Waals surface area contributed by atoms with Crippen molar-refractivity contribution in [1.82, 2.24) is 15.2 Å². The lowest BCUT2D eigenvalue weighted by Gasteiger charge is -2.29. The third-order valence-corrected chi connectivity index (χ3v) is 6.36. The molecule has 9 nitrogen and oxygen atoms in total. The molecule has 5 N–H and O–H groups in total. The molecule has 2 heterocycles. The molecule has 4 rings (SSSR count). The lowest BCUT2D eigenvalue weighted by molar-refractivity contribution is -0.117. The third kappa shape index (κ3) is 6.23. The molecule has 1 atom stereocenters. The maximum Gasteiger partial charge on any atom is 0.221 e. The van der Waals surface area contributed by atoms with Gasteiger partial charge in [-0.2, -0.15) is 0 Å². The normalized spacial score (nSPS) is 15.0. The number of carbonyl (C=O) groups excluding carboxylic acids is 1. The zero-order valence-electron chi connectivity index (χ0n) is 20.9. The largest absolute Gasteiger partial charge is 0.493 e. The Hall–Kier alpha value is -3.40. The number of aromatic nitrogens is 1. The van der Waals surface area contributed by atoms with Gasteiger partial charge in [0.05, 0.1) is 24.7 Å². The molecular formula is C27H35N5O4. The number of anilines is 2. The minimum Gasteiger partial charge on any atom is -0.493 e. The van der Waals surface area contributed by atoms with Gasteiger partial charge in [-0.25, -0.2) is 0 Å². The number of hydrogen-bond donors (Lipinski definition) is 4. The van der Waals surface area contributed by atoms with E-state index in [1.165, 1.54) is 0 Å². The van der Waals surface area contributed by atoms with Gasteiger partial charge in [0.15, 0.2) is 11.5 Å². The molecule has 9 heteroatoms. The number of aliphatic hydroxyl groups excluding tert-OH is 1. The number of ether oxygens (including phenoxy) is 2. The number of nitrogens with one attached hydrogen (secondary N) is 2. The van der Waals surface area contributed by atoms with Crippen LogP contribution in [0.3, 0.4) is 0 Å². The summed E-state index contributed by atoms with van der Waals surface area (Å²) in [4.78, 5) is 18.6.